The third-order valence-electron chi connectivity index (χ3n) is 2.93. The van der Waals surface area contributed by atoms with Crippen LogP contribution >= 0.6 is 11.6 Å². The van der Waals surface area contributed by atoms with Crippen molar-refractivity contribution in [2.75, 3.05) is 26.8 Å². The smallest absolute Gasteiger partial charge is 0.253 e. The molecule has 4 nitrogen and oxygen atoms in total. The number of hydrogen-bond acceptors (Lipinski definition) is 3. The Morgan fingerprint density at radius 2 is 2.05 bits per heavy atom. The number of ether oxygens (including phenoxy) is 1. The predicted octanol–water partition coefficient (Wildman–Crippen LogP) is 3.14. The summed E-state index contributed by atoms with van der Waals surface area (Å²) in [7, 11) is 1.76. The lowest BCUT2D eigenvalue weighted by Gasteiger charge is -2.21. The van der Waals surface area contributed by atoms with Gasteiger partial charge in [-0.3, -0.25) is 4.79 Å². The molecule has 0 fully saturated rings. The predicted molar refractivity (Wildman–Crippen MR) is 81.4 cm³/mol. The van der Waals surface area contributed by atoms with Crippen molar-refractivity contribution in [2.45, 2.75) is 33.1 Å². The minimum Gasteiger partial charge on any atom is -0.380 e. The summed E-state index contributed by atoms with van der Waals surface area (Å²) in [6.45, 7) is 9.79. The molecule has 0 radical (unpaired) electrons. The minimum absolute atomic E-state index is 0.0699. The van der Waals surface area contributed by atoms with Gasteiger partial charge in [-0.1, -0.05) is 32.4 Å². The maximum Gasteiger partial charge on any atom is 0.253 e. The average molecular weight is 299 g/mol. The Balaban J connectivity index is 2.90. The van der Waals surface area contributed by atoms with Crippen LogP contribution in [0.3, 0.4) is 0 Å². The lowest BCUT2D eigenvalue weighted by atomic mass is 9.91. The Morgan fingerprint density at radius 3 is 2.60 bits per heavy atom. The van der Waals surface area contributed by atoms with Crippen molar-refractivity contribution in [1.82, 2.24) is 9.88 Å². The van der Waals surface area contributed by atoms with Gasteiger partial charge in [-0.25, -0.2) is 4.98 Å². The van der Waals surface area contributed by atoms with E-state index in [1.165, 1.54) is 0 Å². The van der Waals surface area contributed by atoms with E-state index in [1.807, 2.05) is 33.8 Å². The van der Waals surface area contributed by atoms with Crippen LogP contribution in [0, 0.1) is 0 Å². The van der Waals surface area contributed by atoms with Crippen LogP contribution in [-0.4, -0.2) is 42.6 Å². The highest BCUT2D eigenvalue weighted by atomic mass is 35.5. The Hall–Kier alpha value is -1.13. The van der Waals surface area contributed by atoms with E-state index < -0.39 is 0 Å². The van der Waals surface area contributed by atoms with Crippen molar-refractivity contribution in [3.63, 3.8) is 0 Å². The molecule has 1 aromatic heterocycles. The number of nitrogens with zero attached hydrogens (tertiary/aromatic N) is 2. The summed E-state index contributed by atoms with van der Waals surface area (Å²) in [6, 6.07) is 3.42. The van der Waals surface area contributed by atoms with Crippen LogP contribution in [0.4, 0.5) is 0 Å². The molecule has 1 aromatic rings. The van der Waals surface area contributed by atoms with Gasteiger partial charge in [0, 0.05) is 36.9 Å². The largest absolute Gasteiger partial charge is 0.380 e. The van der Waals surface area contributed by atoms with Crippen LogP contribution in [0.15, 0.2) is 12.1 Å². The molecule has 0 aliphatic rings. The Morgan fingerprint density at radius 1 is 1.40 bits per heavy atom. The summed E-state index contributed by atoms with van der Waals surface area (Å²) in [5, 5.41) is 0.346. The Kier molecular flexibility index (Phi) is 5.96. The van der Waals surface area contributed by atoms with E-state index in [1.54, 1.807) is 18.0 Å². The van der Waals surface area contributed by atoms with E-state index in [9.17, 15) is 4.79 Å². The fraction of sp³-hybridized carbons (Fsp3) is 0.600. The molecular weight excluding hydrogens is 276 g/mol. The molecule has 1 rings (SSSR count). The van der Waals surface area contributed by atoms with Gasteiger partial charge in [0.15, 0.2) is 0 Å². The summed E-state index contributed by atoms with van der Waals surface area (Å²) < 4.78 is 5.26. The van der Waals surface area contributed by atoms with E-state index in [4.69, 9.17) is 16.3 Å². The van der Waals surface area contributed by atoms with Crippen LogP contribution in [0.25, 0.3) is 0 Å². The summed E-state index contributed by atoms with van der Waals surface area (Å²) >= 11 is 6.03. The molecule has 0 spiro atoms. The number of carbonyl (C=O) groups excluding carboxylic acids is 1. The Labute approximate surface area is 126 Å². The lowest BCUT2D eigenvalue weighted by Crippen LogP contribution is -2.30. The maximum absolute atomic E-state index is 12.4. The van der Waals surface area contributed by atoms with Crippen LogP contribution < -0.4 is 0 Å². The highest BCUT2D eigenvalue weighted by Gasteiger charge is 2.20. The van der Waals surface area contributed by atoms with Gasteiger partial charge in [-0.05, 0) is 19.1 Å². The zero-order valence-electron chi connectivity index (χ0n) is 12.9. The van der Waals surface area contributed by atoms with Gasteiger partial charge in [0.2, 0.25) is 0 Å². The molecule has 0 aliphatic heterocycles. The summed E-state index contributed by atoms with van der Waals surface area (Å²) in [4.78, 5) is 18.3. The quantitative estimate of drug-likeness (QED) is 0.619. The molecule has 1 heterocycles. The summed E-state index contributed by atoms with van der Waals surface area (Å²) in [6.07, 6.45) is 0. The molecular formula is C15H23ClN2O2. The van der Waals surface area contributed by atoms with Crippen LogP contribution in [-0.2, 0) is 10.2 Å². The molecule has 0 aliphatic carbocycles. The standard InChI is InChI=1S/C15H23ClN2O2/c1-6-20-8-7-18(5)14(19)11-9-12(15(2,3)4)17-13(16)10-11/h9-10H,6-8H2,1-5H3. The third kappa shape index (κ3) is 4.76. The van der Waals surface area contributed by atoms with E-state index >= 15 is 0 Å². The van der Waals surface area contributed by atoms with E-state index in [0.29, 0.717) is 30.5 Å². The molecule has 0 unspecified atom stereocenters. The molecule has 0 N–H and O–H groups in total. The zero-order chi connectivity index (χ0) is 15.3. The number of carbonyl (C=O) groups is 1. The molecule has 0 aromatic carbocycles. The minimum atomic E-state index is -0.149. The molecule has 112 valence electrons. The molecule has 20 heavy (non-hydrogen) atoms. The van der Waals surface area contributed by atoms with E-state index in [2.05, 4.69) is 4.98 Å². The van der Waals surface area contributed by atoms with Gasteiger partial charge in [0.05, 0.1) is 6.61 Å². The highest BCUT2D eigenvalue weighted by molar-refractivity contribution is 6.29. The first-order chi connectivity index (χ1) is 9.25. The fourth-order valence-corrected chi connectivity index (χ4v) is 1.88. The molecule has 0 saturated carbocycles. The molecule has 0 bridgehead atoms. The second kappa shape index (κ2) is 7.04. The average Bonchev–Trinajstić information content (AvgIpc) is 2.36. The zero-order valence-corrected chi connectivity index (χ0v) is 13.6. The van der Waals surface area contributed by atoms with Crippen LogP contribution in [0.5, 0.6) is 0 Å². The third-order valence-corrected chi connectivity index (χ3v) is 3.12. The van der Waals surface area contributed by atoms with Gasteiger partial charge in [-0.15, -0.1) is 0 Å². The number of rotatable bonds is 5. The topological polar surface area (TPSA) is 42.4 Å². The van der Waals surface area contributed by atoms with Gasteiger partial charge in [0.1, 0.15) is 5.15 Å². The number of pyridine rings is 1. The number of halogens is 1. The maximum atomic E-state index is 12.4. The van der Waals surface area contributed by atoms with Gasteiger partial charge < -0.3 is 9.64 Å². The van der Waals surface area contributed by atoms with Crippen molar-refractivity contribution in [1.29, 1.82) is 0 Å². The lowest BCUT2D eigenvalue weighted by molar-refractivity contribution is 0.0709. The number of hydrogen-bond donors (Lipinski definition) is 0. The number of likely N-dealkylation sites (N-methyl/N-ethyl adjacent to an activating group) is 1. The van der Waals surface area contributed by atoms with E-state index in [-0.39, 0.29) is 11.3 Å². The van der Waals surface area contributed by atoms with Gasteiger partial charge in [-0.2, -0.15) is 0 Å². The SMILES string of the molecule is CCOCCN(C)C(=O)c1cc(Cl)nc(C(C)(C)C)c1. The van der Waals surface area contributed by atoms with Crippen molar-refractivity contribution in [3.05, 3.63) is 28.5 Å². The number of aromatic nitrogens is 1. The van der Waals surface area contributed by atoms with Gasteiger partial charge >= 0.3 is 0 Å². The molecule has 0 saturated heterocycles. The highest BCUT2D eigenvalue weighted by Crippen LogP contribution is 2.23. The molecule has 5 heteroatoms. The van der Waals surface area contributed by atoms with Crippen molar-refractivity contribution in [3.8, 4) is 0 Å². The van der Waals surface area contributed by atoms with Crippen molar-refractivity contribution >= 4 is 17.5 Å². The molecule has 1 amide bonds. The second-order valence-corrected chi connectivity index (χ2v) is 6.12. The monoisotopic (exact) mass is 298 g/mol. The van der Waals surface area contributed by atoms with Crippen molar-refractivity contribution in [2.24, 2.45) is 0 Å². The first kappa shape index (κ1) is 16.9. The van der Waals surface area contributed by atoms with Gasteiger partial charge in [0.25, 0.3) is 5.91 Å². The summed E-state index contributed by atoms with van der Waals surface area (Å²) in [5.74, 6) is -0.0699. The van der Waals surface area contributed by atoms with E-state index in [0.717, 1.165) is 5.69 Å². The number of amides is 1. The second-order valence-electron chi connectivity index (χ2n) is 5.74. The Bertz CT molecular complexity index is 469. The first-order valence-electron chi connectivity index (χ1n) is 6.77. The van der Waals surface area contributed by atoms with Crippen LogP contribution in [0.1, 0.15) is 43.7 Å². The van der Waals surface area contributed by atoms with Crippen molar-refractivity contribution < 1.29 is 9.53 Å². The van der Waals surface area contributed by atoms with Crippen LogP contribution in [0.2, 0.25) is 5.15 Å². The first-order valence-corrected chi connectivity index (χ1v) is 7.14. The summed E-state index contributed by atoms with van der Waals surface area (Å²) in [5.41, 5.74) is 1.23. The molecule has 0 atom stereocenters. The fourth-order valence-electron chi connectivity index (χ4n) is 1.67. The normalized spacial score (nSPS) is 11.5.